The van der Waals surface area contributed by atoms with Gasteiger partial charge in [0.25, 0.3) is 5.91 Å². The summed E-state index contributed by atoms with van der Waals surface area (Å²) in [5.74, 6) is 1.35. The Morgan fingerprint density at radius 3 is 2.58 bits per heavy atom. The Bertz CT molecular complexity index is 834. The molecular weight excluding hydrogens is 332 g/mol. The molecule has 2 fully saturated rings. The van der Waals surface area contributed by atoms with E-state index < -0.39 is 5.41 Å². The van der Waals surface area contributed by atoms with Crippen molar-refractivity contribution in [2.45, 2.75) is 25.7 Å². The molecule has 7 heteroatoms. The Kier molecular flexibility index (Phi) is 4.01. The summed E-state index contributed by atoms with van der Waals surface area (Å²) in [5, 5.41) is 3.95. The molecule has 1 aromatic heterocycles. The molecule has 0 N–H and O–H groups in total. The molecule has 2 amide bonds. The fraction of sp³-hybridized carbons (Fsp3) is 0.474. The van der Waals surface area contributed by atoms with Crippen LogP contribution in [0.3, 0.4) is 0 Å². The van der Waals surface area contributed by atoms with Crippen LogP contribution in [-0.2, 0) is 10.2 Å². The second-order valence-electron chi connectivity index (χ2n) is 7.28. The Hall–Kier alpha value is -2.70. The zero-order valence-corrected chi connectivity index (χ0v) is 15.0. The maximum absolute atomic E-state index is 13.0. The summed E-state index contributed by atoms with van der Waals surface area (Å²) in [7, 11) is 0. The normalized spacial score (nSPS) is 25.2. The summed E-state index contributed by atoms with van der Waals surface area (Å²) in [4.78, 5) is 33.1. The molecule has 1 aromatic carbocycles. The van der Waals surface area contributed by atoms with Crippen LogP contribution in [0.5, 0.6) is 0 Å². The summed E-state index contributed by atoms with van der Waals surface area (Å²) in [6.45, 7) is 5.69. The average molecular weight is 354 g/mol. The van der Waals surface area contributed by atoms with Crippen LogP contribution < -0.4 is 0 Å². The lowest BCUT2D eigenvalue weighted by Gasteiger charge is -2.41. The first-order chi connectivity index (χ1) is 12.5. The largest absolute Gasteiger partial charge is 0.342 e. The van der Waals surface area contributed by atoms with Crippen LogP contribution in [0.25, 0.3) is 0 Å². The van der Waals surface area contributed by atoms with Crippen LogP contribution >= 0.6 is 0 Å². The molecule has 2 aliphatic heterocycles. The number of hydrogen-bond acceptors (Lipinski definition) is 5. The third-order valence-electron chi connectivity index (χ3n) is 5.62. The number of aromatic nitrogens is 2. The lowest BCUT2D eigenvalue weighted by atomic mass is 9.73. The summed E-state index contributed by atoms with van der Waals surface area (Å²) in [5.41, 5.74) is 0.182. The quantitative estimate of drug-likeness (QED) is 0.819. The predicted octanol–water partition coefficient (Wildman–Crippen LogP) is 1.64. The van der Waals surface area contributed by atoms with Crippen molar-refractivity contribution in [2.75, 3.05) is 26.2 Å². The molecule has 26 heavy (non-hydrogen) atoms. The predicted molar refractivity (Wildman–Crippen MR) is 93.4 cm³/mol. The Morgan fingerprint density at radius 2 is 1.92 bits per heavy atom. The van der Waals surface area contributed by atoms with Crippen molar-refractivity contribution in [3.63, 3.8) is 0 Å². The van der Waals surface area contributed by atoms with E-state index in [-0.39, 0.29) is 17.7 Å². The maximum atomic E-state index is 13.0. The fourth-order valence-corrected chi connectivity index (χ4v) is 4.25. The Balaban J connectivity index is 1.68. The topological polar surface area (TPSA) is 79.5 Å². The molecule has 4 rings (SSSR count). The molecule has 0 spiro atoms. The van der Waals surface area contributed by atoms with Gasteiger partial charge in [0.2, 0.25) is 11.8 Å². The number of amides is 2. The molecular formula is C19H22N4O3. The van der Waals surface area contributed by atoms with E-state index in [2.05, 4.69) is 10.1 Å². The second-order valence-corrected chi connectivity index (χ2v) is 7.28. The van der Waals surface area contributed by atoms with E-state index in [9.17, 15) is 9.59 Å². The first kappa shape index (κ1) is 16.8. The fourth-order valence-electron chi connectivity index (χ4n) is 4.25. The van der Waals surface area contributed by atoms with Crippen LogP contribution in [0.1, 0.15) is 35.4 Å². The highest BCUT2D eigenvalue weighted by molar-refractivity contribution is 5.94. The molecule has 0 saturated carbocycles. The molecule has 136 valence electrons. The molecule has 0 bridgehead atoms. The zero-order valence-electron chi connectivity index (χ0n) is 15.0. The van der Waals surface area contributed by atoms with Crippen molar-refractivity contribution in [3.8, 4) is 0 Å². The van der Waals surface area contributed by atoms with Crippen LogP contribution in [0.2, 0.25) is 0 Å². The number of likely N-dealkylation sites (tertiary alicyclic amines) is 2. The minimum atomic E-state index is -0.490. The number of benzene rings is 1. The Morgan fingerprint density at radius 1 is 1.19 bits per heavy atom. The third kappa shape index (κ3) is 2.67. The van der Waals surface area contributed by atoms with Gasteiger partial charge in [-0.1, -0.05) is 23.4 Å². The number of nitrogens with zero attached hydrogens (tertiary/aromatic N) is 4. The molecule has 2 aliphatic rings. The van der Waals surface area contributed by atoms with Gasteiger partial charge in [0, 0.05) is 38.7 Å². The number of rotatable bonds is 2. The minimum absolute atomic E-state index is 0.00462. The molecule has 7 nitrogen and oxygen atoms in total. The van der Waals surface area contributed by atoms with E-state index >= 15 is 0 Å². The SMILES string of the molecule is CC(=O)N1CC[C@H]2CN(C(=O)c3ccccc3)C[C@@]2(c2nc(C)no2)C1. The highest BCUT2D eigenvalue weighted by Gasteiger charge is 2.55. The number of carbonyl (C=O) groups excluding carboxylic acids is 2. The molecule has 3 heterocycles. The van der Waals surface area contributed by atoms with Gasteiger partial charge in [-0.3, -0.25) is 9.59 Å². The van der Waals surface area contributed by atoms with E-state index in [0.717, 1.165) is 6.42 Å². The van der Waals surface area contributed by atoms with Crippen molar-refractivity contribution >= 4 is 11.8 Å². The molecule has 0 radical (unpaired) electrons. The van der Waals surface area contributed by atoms with Crippen molar-refractivity contribution in [1.82, 2.24) is 19.9 Å². The summed E-state index contributed by atoms with van der Waals surface area (Å²) >= 11 is 0. The number of fused-ring (bicyclic) bond motifs is 1. The smallest absolute Gasteiger partial charge is 0.253 e. The molecule has 0 unspecified atom stereocenters. The van der Waals surface area contributed by atoms with E-state index in [0.29, 0.717) is 43.5 Å². The lowest BCUT2D eigenvalue weighted by Crippen LogP contribution is -2.53. The zero-order chi connectivity index (χ0) is 18.3. The first-order valence-electron chi connectivity index (χ1n) is 8.90. The van der Waals surface area contributed by atoms with Gasteiger partial charge in [0.1, 0.15) is 0 Å². The van der Waals surface area contributed by atoms with Gasteiger partial charge >= 0.3 is 0 Å². The summed E-state index contributed by atoms with van der Waals surface area (Å²) in [6.07, 6.45) is 0.819. The highest BCUT2D eigenvalue weighted by Crippen LogP contribution is 2.44. The average Bonchev–Trinajstić information content (AvgIpc) is 3.25. The third-order valence-corrected chi connectivity index (χ3v) is 5.62. The van der Waals surface area contributed by atoms with E-state index in [1.807, 2.05) is 40.1 Å². The number of hydrogen-bond donors (Lipinski definition) is 0. The van der Waals surface area contributed by atoms with Gasteiger partial charge in [-0.05, 0) is 31.4 Å². The highest BCUT2D eigenvalue weighted by atomic mass is 16.5. The summed E-state index contributed by atoms with van der Waals surface area (Å²) < 4.78 is 5.53. The summed E-state index contributed by atoms with van der Waals surface area (Å²) in [6, 6.07) is 9.29. The van der Waals surface area contributed by atoms with Crippen LogP contribution in [0.15, 0.2) is 34.9 Å². The van der Waals surface area contributed by atoms with Crippen molar-refractivity contribution < 1.29 is 14.1 Å². The standard InChI is InChI=1S/C19H22N4O3/c1-13-20-18(26-21-13)19-11-22(14(2)24)9-8-16(19)10-23(12-19)17(25)15-6-4-3-5-7-15/h3-7,16H,8-12H2,1-2H3/t16-,19-/m0/s1. The van der Waals surface area contributed by atoms with E-state index in [1.54, 1.807) is 13.8 Å². The molecule has 2 aromatic rings. The molecule has 2 saturated heterocycles. The van der Waals surface area contributed by atoms with Crippen LogP contribution in [0.4, 0.5) is 0 Å². The van der Waals surface area contributed by atoms with Crippen molar-refractivity contribution in [2.24, 2.45) is 5.92 Å². The number of carbonyl (C=O) groups is 2. The first-order valence-corrected chi connectivity index (χ1v) is 8.90. The van der Waals surface area contributed by atoms with E-state index in [4.69, 9.17) is 4.52 Å². The monoisotopic (exact) mass is 354 g/mol. The number of aryl methyl sites for hydroxylation is 1. The number of piperidine rings is 1. The van der Waals surface area contributed by atoms with Gasteiger partial charge in [0.15, 0.2) is 5.82 Å². The van der Waals surface area contributed by atoms with Gasteiger partial charge in [-0.15, -0.1) is 0 Å². The Labute approximate surface area is 152 Å². The van der Waals surface area contributed by atoms with E-state index in [1.165, 1.54) is 0 Å². The van der Waals surface area contributed by atoms with Gasteiger partial charge in [-0.2, -0.15) is 4.98 Å². The van der Waals surface area contributed by atoms with Crippen molar-refractivity contribution in [1.29, 1.82) is 0 Å². The lowest BCUT2D eigenvalue weighted by molar-refractivity contribution is -0.131. The van der Waals surface area contributed by atoms with Crippen LogP contribution in [-0.4, -0.2) is 57.9 Å². The van der Waals surface area contributed by atoms with Crippen molar-refractivity contribution in [3.05, 3.63) is 47.6 Å². The van der Waals surface area contributed by atoms with Gasteiger partial charge < -0.3 is 14.3 Å². The van der Waals surface area contributed by atoms with Gasteiger partial charge in [0.05, 0.1) is 5.41 Å². The maximum Gasteiger partial charge on any atom is 0.253 e. The molecule has 2 atom stereocenters. The second kappa shape index (κ2) is 6.23. The minimum Gasteiger partial charge on any atom is -0.342 e. The molecule has 0 aliphatic carbocycles. The van der Waals surface area contributed by atoms with Crippen LogP contribution in [0, 0.1) is 12.8 Å². The van der Waals surface area contributed by atoms with Gasteiger partial charge in [-0.25, -0.2) is 0 Å².